The van der Waals surface area contributed by atoms with E-state index in [0.29, 0.717) is 0 Å². The lowest BCUT2D eigenvalue weighted by Gasteiger charge is -2.08. The average Bonchev–Trinajstić information content (AvgIpc) is 2.43. The molecule has 2 rings (SSSR count). The van der Waals surface area contributed by atoms with Crippen molar-refractivity contribution in [1.82, 2.24) is 0 Å². The maximum Gasteiger partial charge on any atom is 0.228 e. The van der Waals surface area contributed by atoms with E-state index >= 15 is 0 Å². The van der Waals surface area contributed by atoms with Gasteiger partial charge >= 0.3 is 0 Å². The van der Waals surface area contributed by atoms with Crippen LogP contribution in [0.25, 0.3) is 0 Å². The first-order valence-corrected chi connectivity index (χ1v) is 6.56. The van der Waals surface area contributed by atoms with E-state index in [4.69, 9.17) is 5.26 Å². The smallest absolute Gasteiger partial charge is 0.228 e. The Morgan fingerprint density at radius 2 is 2.00 bits per heavy atom. The Hall–Kier alpha value is -2.67. The number of carbonyl (C=O) groups excluding carboxylic acids is 1. The molecule has 0 radical (unpaired) electrons. The maximum absolute atomic E-state index is 13.5. The van der Waals surface area contributed by atoms with Gasteiger partial charge in [0.15, 0.2) is 0 Å². The van der Waals surface area contributed by atoms with Crippen molar-refractivity contribution < 1.29 is 9.18 Å². The molecule has 0 saturated carbocycles. The van der Waals surface area contributed by atoms with Crippen molar-refractivity contribution in [3.63, 3.8) is 0 Å². The van der Waals surface area contributed by atoms with Gasteiger partial charge in [0.05, 0.1) is 12.1 Å². The summed E-state index contributed by atoms with van der Waals surface area (Å²) in [6.45, 7) is 3.99. The molecule has 0 aliphatic heterocycles. The molecule has 0 bridgehead atoms. The molecule has 106 valence electrons. The lowest BCUT2D eigenvalue weighted by molar-refractivity contribution is -0.115. The molecule has 0 aliphatic rings. The number of amides is 1. The Labute approximate surface area is 123 Å². The number of hydrogen-bond acceptors (Lipinski definition) is 2. The Kier molecular flexibility index (Phi) is 4.34. The van der Waals surface area contributed by atoms with Crippen LogP contribution in [0.1, 0.15) is 22.3 Å². The van der Waals surface area contributed by atoms with Gasteiger partial charge in [-0.2, -0.15) is 5.26 Å². The quantitative estimate of drug-likeness (QED) is 0.936. The maximum atomic E-state index is 13.5. The summed E-state index contributed by atoms with van der Waals surface area (Å²) in [5.74, 6) is -0.915. The molecule has 0 unspecified atom stereocenters. The van der Waals surface area contributed by atoms with Crippen molar-refractivity contribution in [3.05, 3.63) is 64.5 Å². The van der Waals surface area contributed by atoms with E-state index < -0.39 is 5.82 Å². The fourth-order valence-corrected chi connectivity index (χ4v) is 2.04. The largest absolute Gasteiger partial charge is 0.325 e. The van der Waals surface area contributed by atoms with Crippen molar-refractivity contribution in [2.24, 2.45) is 0 Å². The molecule has 2 aromatic rings. The van der Waals surface area contributed by atoms with Crippen LogP contribution in [0.15, 0.2) is 36.4 Å². The number of rotatable bonds is 3. The lowest BCUT2D eigenvalue weighted by Crippen LogP contribution is -2.15. The molecular formula is C17H15FN2O. The van der Waals surface area contributed by atoms with Crippen LogP contribution in [-0.2, 0) is 11.2 Å². The number of nitriles is 1. The normalized spacial score (nSPS) is 10.0. The summed E-state index contributed by atoms with van der Waals surface area (Å²) in [7, 11) is 0. The van der Waals surface area contributed by atoms with E-state index in [9.17, 15) is 9.18 Å². The molecule has 0 heterocycles. The second-order valence-electron chi connectivity index (χ2n) is 4.92. The predicted molar refractivity (Wildman–Crippen MR) is 79.4 cm³/mol. The van der Waals surface area contributed by atoms with Crippen LogP contribution in [0.3, 0.4) is 0 Å². The Balaban J connectivity index is 2.14. The zero-order valence-electron chi connectivity index (χ0n) is 11.9. The predicted octanol–water partition coefficient (Wildman–Crippen LogP) is 3.50. The first kappa shape index (κ1) is 14.7. The first-order valence-electron chi connectivity index (χ1n) is 6.56. The molecule has 0 aromatic heterocycles. The van der Waals surface area contributed by atoms with Crippen LogP contribution in [0.2, 0.25) is 0 Å². The zero-order valence-corrected chi connectivity index (χ0v) is 11.9. The van der Waals surface area contributed by atoms with Gasteiger partial charge in [0.25, 0.3) is 0 Å². The highest BCUT2D eigenvalue weighted by molar-refractivity contribution is 5.93. The van der Waals surface area contributed by atoms with Crippen molar-refractivity contribution in [1.29, 1.82) is 5.26 Å². The Morgan fingerprint density at radius 3 is 2.67 bits per heavy atom. The molecule has 1 amide bonds. The highest BCUT2D eigenvalue weighted by Gasteiger charge is 2.11. The SMILES string of the molecule is Cc1ccc(CC(=O)Nc2cccc(F)c2C#N)cc1C. The zero-order chi connectivity index (χ0) is 15.4. The van der Waals surface area contributed by atoms with E-state index in [2.05, 4.69) is 5.32 Å². The fraction of sp³-hybridized carbons (Fsp3) is 0.176. The van der Waals surface area contributed by atoms with Crippen LogP contribution < -0.4 is 5.32 Å². The van der Waals surface area contributed by atoms with E-state index in [1.165, 1.54) is 18.2 Å². The van der Waals surface area contributed by atoms with Crippen LogP contribution in [0.5, 0.6) is 0 Å². The number of hydrogen-bond donors (Lipinski definition) is 1. The van der Waals surface area contributed by atoms with Gasteiger partial charge in [0.1, 0.15) is 17.4 Å². The molecule has 0 aliphatic carbocycles. The lowest BCUT2D eigenvalue weighted by atomic mass is 10.0. The third kappa shape index (κ3) is 3.46. The number of halogens is 1. The van der Waals surface area contributed by atoms with Gasteiger partial charge in [-0.3, -0.25) is 4.79 Å². The number of nitrogens with one attached hydrogen (secondary N) is 1. The van der Waals surface area contributed by atoms with Gasteiger partial charge in [0, 0.05) is 0 Å². The highest BCUT2D eigenvalue weighted by Crippen LogP contribution is 2.18. The second-order valence-corrected chi connectivity index (χ2v) is 4.92. The minimum absolute atomic E-state index is 0.147. The van der Waals surface area contributed by atoms with Crippen LogP contribution in [0.4, 0.5) is 10.1 Å². The second kappa shape index (κ2) is 6.19. The van der Waals surface area contributed by atoms with Crippen LogP contribution in [0, 0.1) is 31.0 Å². The number of carbonyl (C=O) groups is 1. The van der Waals surface area contributed by atoms with Gasteiger partial charge in [0.2, 0.25) is 5.91 Å². The minimum Gasteiger partial charge on any atom is -0.325 e. The molecule has 0 saturated heterocycles. The number of nitrogens with zero attached hydrogens (tertiary/aromatic N) is 1. The monoisotopic (exact) mass is 282 g/mol. The number of aryl methyl sites for hydroxylation is 2. The van der Waals surface area contributed by atoms with Gasteiger partial charge < -0.3 is 5.32 Å². The van der Waals surface area contributed by atoms with E-state index in [1.54, 1.807) is 6.07 Å². The average molecular weight is 282 g/mol. The summed E-state index contributed by atoms with van der Waals surface area (Å²) in [4.78, 5) is 12.0. The third-order valence-electron chi connectivity index (χ3n) is 3.34. The summed E-state index contributed by atoms with van der Waals surface area (Å²) in [6.07, 6.45) is 0.183. The molecule has 4 heteroatoms. The molecule has 0 atom stereocenters. The van der Waals surface area contributed by atoms with Crippen molar-refractivity contribution in [2.45, 2.75) is 20.3 Å². The Bertz CT molecular complexity index is 732. The van der Waals surface area contributed by atoms with Crippen molar-refractivity contribution in [2.75, 3.05) is 5.32 Å². The molecule has 0 fully saturated rings. The molecule has 1 N–H and O–H groups in total. The summed E-state index contributed by atoms with van der Waals surface area (Å²) >= 11 is 0. The molecule has 21 heavy (non-hydrogen) atoms. The first-order chi connectivity index (χ1) is 10.0. The van der Waals surface area contributed by atoms with Gasteiger partial charge in [-0.05, 0) is 42.7 Å². The summed E-state index contributed by atoms with van der Waals surface area (Å²) in [6, 6.07) is 11.7. The molecule has 3 nitrogen and oxygen atoms in total. The fourth-order valence-electron chi connectivity index (χ4n) is 2.04. The summed E-state index contributed by atoms with van der Waals surface area (Å²) in [5, 5.41) is 11.5. The van der Waals surface area contributed by atoms with Gasteiger partial charge in [-0.1, -0.05) is 24.3 Å². The van der Waals surface area contributed by atoms with Crippen molar-refractivity contribution >= 4 is 11.6 Å². The van der Waals surface area contributed by atoms with E-state index in [-0.39, 0.29) is 23.6 Å². The highest BCUT2D eigenvalue weighted by atomic mass is 19.1. The number of benzene rings is 2. The molecule has 2 aromatic carbocycles. The third-order valence-corrected chi connectivity index (χ3v) is 3.34. The van der Waals surface area contributed by atoms with E-state index in [0.717, 1.165) is 16.7 Å². The Morgan fingerprint density at radius 1 is 1.24 bits per heavy atom. The topological polar surface area (TPSA) is 52.9 Å². The van der Waals surface area contributed by atoms with Gasteiger partial charge in [-0.25, -0.2) is 4.39 Å². The van der Waals surface area contributed by atoms with Gasteiger partial charge in [-0.15, -0.1) is 0 Å². The molecular weight excluding hydrogens is 267 g/mol. The summed E-state index contributed by atoms with van der Waals surface area (Å²) < 4.78 is 13.5. The van der Waals surface area contributed by atoms with Crippen LogP contribution in [-0.4, -0.2) is 5.91 Å². The minimum atomic E-state index is -0.638. The van der Waals surface area contributed by atoms with Crippen LogP contribution >= 0.6 is 0 Å². The van der Waals surface area contributed by atoms with E-state index in [1.807, 2.05) is 32.0 Å². The molecule has 0 spiro atoms. The summed E-state index contributed by atoms with van der Waals surface area (Å²) in [5.41, 5.74) is 3.21. The van der Waals surface area contributed by atoms with Crippen molar-refractivity contribution in [3.8, 4) is 6.07 Å². The standard InChI is InChI=1S/C17H15FN2O/c1-11-6-7-13(8-12(11)2)9-17(21)20-16-5-3-4-15(18)14(16)10-19/h3-8H,9H2,1-2H3,(H,20,21). The number of anilines is 1.